The van der Waals surface area contributed by atoms with Crippen LogP contribution in [0, 0.1) is 0 Å². The van der Waals surface area contributed by atoms with Gasteiger partial charge < -0.3 is 9.47 Å². The van der Waals surface area contributed by atoms with Gasteiger partial charge in [-0.25, -0.2) is 0 Å². The zero-order valence-electron chi connectivity index (χ0n) is 17.5. The summed E-state index contributed by atoms with van der Waals surface area (Å²) in [6, 6.07) is 21.4. The van der Waals surface area contributed by atoms with E-state index in [2.05, 4.69) is 92.2 Å². The monoisotopic (exact) mass is 544 g/mol. The first kappa shape index (κ1) is 19.9. The molecule has 0 radical (unpaired) electrons. The van der Waals surface area contributed by atoms with Crippen molar-refractivity contribution in [3.05, 3.63) is 121 Å². The molecular formula is C28H18Br2O2. The lowest BCUT2D eigenvalue weighted by Gasteiger charge is -2.33. The fourth-order valence-corrected chi connectivity index (χ4v) is 6.68. The van der Waals surface area contributed by atoms with Crippen LogP contribution in [0.3, 0.4) is 0 Å². The van der Waals surface area contributed by atoms with Crippen molar-refractivity contribution < 1.29 is 9.47 Å². The summed E-state index contributed by atoms with van der Waals surface area (Å²) >= 11 is 7.70. The van der Waals surface area contributed by atoms with E-state index >= 15 is 0 Å². The molecule has 3 aliphatic rings. The molecule has 0 N–H and O–H groups in total. The Bertz CT molecular complexity index is 1450. The third-order valence-corrected chi connectivity index (χ3v) is 7.97. The standard InChI is InChI=1S/C28H18Br2O2/c1-31-22-13-7-12-20(29)24-16-8-3-5-10-18(16)28(26(22)24)19-11-6-4-9-17(19)25-21(30)14-15-23(32-2)27(25)28/h3-12,14-15H,1-2H3. The normalized spacial score (nSPS) is 19.6. The highest BCUT2D eigenvalue weighted by Gasteiger charge is 2.56. The van der Waals surface area contributed by atoms with Crippen molar-refractivity contribution in [3.8, 4) is 16.9 Å². The third kappa shape index (κ3) is 2.30. The van der Waals surface area contributed by atoms with Gasteiger partial charge in [0.05, 0.1) is 19.6 Å². The molecule has 0 saturated carbocycles. The molecule has 1 atom stereocenters. The van der Waals surface area contributed by atoms with Gasteiger partial charge in [-0.1, -0.05) is 86.1 Å². The second-order valence-electron chi connectivity index (χ2n) is 7.95. The molecule has 2 nitrogen and oxygen atoms in total. The summed E-state index contributed by atoms with van der Waals surface area (Å²) in [7, 11) is 3.46. The van der Waals surface area contributed by atoms with Crippen LogP contribution in [0.2, 0.25) is 0 Å². The lowest BCUT2D eigenvalue weighted by molar-refractivity contribution is 0.295. The molecule has 0 aromatic heterocycles. The first-order chi connectivity index (χ1) is 15.6. The first-order valence-corrected chi connectivity index (χ1v) is 11.9. The second-order valence-corrected chi connectivity index (χ2v) is 9.66. The molecule has 6 rings (SSSR count). The average Bonchev–Trinajstić information content (AvgIpc) is 3.23. The van der Waals surface area contributed by atoms with Crippen molar-refractivity contribution in [3.63, 3.8) is 0 Å². The molecule has 3 aromatic carbocycles. The minimum atomic E-state index is -0.587. The summed E-state index contributed by atoms with van der Waals surface area (Å²) in [5, 5.41) is 0. The van der Waals surface area contributed by atoms with Crippen molar-refractivity contribution in [2.45, 2.75) is 5.41 Å². The van der Waals surface area contributed by atoms with Gasteiger partial charge in [-0.15, -0.1) is 0 Å². The molecule has 3 aromatic rings. The minimum Gasteiger partial charge on any atom is -0.496 e. The van der Waals surface area contributed by atoms with Crippen LogP contribution in [0.25, 0.3) is 16.7 Å². The summed E-state index contributed by atoms with van der Waals surface area (Å²) in [5.74, 6) is 1.58. The summed E-state index contributed by atoms with van der Waals surface area (Å²) in [4.78, 5) is 0. The smallest absolute Gasteiger partial charge is 0.167 e. The minimum absolute atomic E-state index is 0.587. The van der Waals surface area contributed by atoms with Gasteiger partial charge in [0.1, 0.15) is 5.75 Å². The molecule has 4 heteroatoms. The van der Waals surface area contributed by atoms with E-state index in [1.54, 1.807) is 14.2 Å². The Morgan fingerprint density at radius 1 is 0.812 bits per heavy atom. The Morgan fingerprint density at radius 2 is 1.50 bits per heavy atom. The van der Waals surface area contributed by atoms with Crippen LogP contribution in [0.15, 0.2) is 98.8 Å². The van der Waals surface area contributed by atoms with Crippen LogP contribution in [-0.2, 0) is 10.2 Å². The Hall–Kier alpha value is -2.78. The van der Waals surface area contributed by atoms with Crippen molar-refractivity contribution in [2.75, 3.05) is 14.2 Å². The molecule has 32 heavy (non-hydrogen) atoms. The van der Waals surface area contributed by atoms with Crippen LogP contribution in [0.5, 0.6) is 5.75 Å². The van der Waals surface area contributed by atoms with Crippen molar-refractivity contribution in [1.82, 2.24) is 0 Å². The topological polar surface area (TPSA) is 18.5 Å². The predicted octanol–water partition coefficient (Wildman–Crippen LogP) is 7.52. The molecule has 0 amide bonds. The summed E-state index contributed by atoms with van der Waals surface area (Å²) in [6.07, 6.45) is 3.95. The largest absolute Gasteiger partial charge is 0.496 e. The zero-order valence-corrected chi connectivity index (χ0v) is 20.7. The SMILES string of the molecule is COC1=C=CC=C(Br)C2=C1C1(c3ccccc32)c2ccccc2-c2c(Br)ccc(OC)c21. The number of fused-ring (bicyclic) bond motifs is 9. The maximum Gasteiger partial charge on any atom is 0.167 e. The number of benzene rings is 3. The average molecular weight is 546 g/mol. The van der Waals surface area contributed by atoms with E-state index in [1.807, 2.05) is 18.2 Å². The highest BCUT2D eigenvalue weighted by Crippen LogP contribution is 2.67. The number of hydrogen-bond acceptors (Lipinski definition) is 2. The number of allylic oxidation sites excluding steroid dienone is 4. The first-order valence-electron chi connectivity index (χ1n) is 10.3. The van der Waals surface area contributed by atoms with Crippen molar-refractivity contribution >= 4 is 37.4 Å². The summed E-state index contributed by atoms with van der Waals surface area (Å²) in [6.45, 7) is 0. The molecule has 1 spiro atoms. The molecule has 0 saturated heterocycles. The molecule has 1 unspecified atom stereocenters. The predicted molar refractivity (Wildman–Crippen MR) is 135 cm³/mol. The van der Waals surface area contributed by atoms with Crippen molar-refractivity contribution in [2.24, 2.45) is 0 Å². The number of methoxy groups -OCH3 is 2. The van der Waals surface area contributed by atoms with Gasteiger partial charge >= 0.3 is 0 Å². The van der Waals surface area contributed by atoms with E-state index in [9.17, 15) is 0 Å². The molecule has 156 valence electrons. The molecule has 0 fully saturated rings. The van der Waals surface area contributed by atoms with E-state index in [0.29, 0.717) is 0 Å². The molecular weight excluding hydrogens is 528 g/mol. The van der Waals surface area contributed by atoms with Crippen LogP contribution >= 0.6 is 31.9 Å². The van der Waals surface area contributed by atoms with E-state index in [4.69, 9.17) is 9.47 Å². The van der Waals surface area contributed by atoms with Gasteiger partial charge in [0.15, 0.2) is 5.76 Å². The van der Waals surface area contributed by atoms with Crippen LogP contribution in [0.1, 0.15) is 22.3 Å². The Morgan fingerprint density at radius 3 is 2.22 bits per heavy atom. The lowest BCUT2D eigenvalue weighted by Crippen LogP contribution is -2.29. The van der Waals surface area contributed by atoms with E-state index in [1.165, 1.54) is 22.3 Å². The van der Waals surface area contributed by atoms with Crippen LogP contribution < -0.4 is 4.74 Å². The second kappa shape index (κ2) is 7.11. The van der Waals surface area contributed by atoms with Crippen LogP contribution in [-0.4, -0.2) is 14.2 Å². The maximum absolute atomic E-state index is 6.00. The number of rotatable bonds is 2. The maximum atomic E-state index is 6.00. The number of hydrogen-bond donors (Lipinski definition) is 0. The summed E-state index contributed by atoms with van der Waals surface area (Å²) in [5.41, 5.74) is 12.1. The van der Waals surface area contributed by atoms with Crippen LogP contribution in [0.4, 0.5) is 0 Å². The summed E-state index contributed by atoms with van der Waals surface area (Å²) < 4.78 is 14.1. The van der Waals surface area contributed by atoms with E-state index < -0.39 is 5.41 Å². The molecule has 0 bridgehead atoms. The van der Waals surface area contributed by atoms with Gasteiger partial charge in [0, 0.05) is 31.2 Å². The van der Waals surface area contributed by atoms with Gasteiger partial charge in [-0.2, -0.15) is 0 Å². The fraction of sp³-hybridized carbons (Fsp3) is 0.107. The molecule has 3 aliphatic carbocycles. The lowest BCUT2D eigenvalue weighted by atomic mass is 9.68. The highest BCUT2D eigenvalue weighted by atomic mass is 79.9. The Balaban J connectivity index is 1.91. The third-order valence-electron chi connectivity index (χ3n) is 6.65. The Labute approximate surface area is 203 Å². The van der Waals surface area contributed by atoms with Gasteiger partial charge in [-0.05, 0) is 46.5 Å². The quantitative estimate of drug-likeness (QED) is 0.310. The molecule has 0 heterocycles. The zero-order chi connectivity index (χ0) is 22.0. The van der Waals surface area contributed by atoms with Gasteiger partial charge in [-0.3, -0.25) is 0 Å². The number of halogens is 2. The van der Waals surface area contributed by atoms with Gasteiger partial charge in [0.2, 0.25) is 0 Å². The Kier molecular flexibility index (Phi) is 4.42. The fourth-order valence-electron chi connectivity index (χ4n) is 5.59. The number of ether oxygens (including phenoxy) is 2. The van der Waals surface area contributed by atoms with E-state index in [-0.39, 0.29) is 0 Å². The highest BCUT2D eigenvalue weighted by molar-refractivity contribution is 9.12. The molecule has 0 aliphatic heterocycles. The van der Waals surface area contributed by atoms with Gasteiger partial charge in [0.25, 0.3) is 0 Å². The van der Waals surface area contributed by atoms with E-state index in [0.717, 1.165) is 42.7 Å². The van der Waals surface area contributed by atoms with Crippen molar-refractivity contribution in [1.29, 1.82) is 0 Å².